The van der Waals surface area contributed by atoms with E-state index < -0.39 is 11.7 Å². The Morgan fingerprint density at radius 2 is 1.82 bits per heavy atom. The van der Waals surface area contributed by atoms with Gasteiger partial charge in [-0.05, 0) is 56.0 Å². The summed E-state index contributed by atoms with van der Waals surface area (Å²) in [5.41, 5.74) is 2.75. The number of hydrogen-bond acceptors (Lipinski definition) is 4. The lowest BCUT2D eigenvalue weighted by molar-refractivity contribution is -0.00151. The van der Waals surface area contributed by atoms with Crippen molar-refractivity contribution in [1.29, 1.82) is 0 Å². The van der Waals surface area contributed by atoms with Gasteiger partial charge in [-0.3, -0.25) is 0 Å². The van der Waals surface area contributed by atoms with Gasteiger partial charge in [0.25, 0.3) is 0 Å². The van der Waals surface area contributed by atoms with Crippen LogP contribution in [0, 0.1) is 0 Å². The van der Waals surface area contributed by atoms with E-state index in [0.717, 1.165) is 22.4 Å². The summed E-state index contributed by atoms with van der Waals surface area (Å²) in [5, 5.41) is 10.7. The number of hydrogen-bond donors (Lipinski definition) is 1. The van der Waals surface area contributed by atoms with Crippen molar-refractivity contribution in [3.63, 3.8) is 0 Å². The number of β-amino-alcohol motifs (C(OH)–C–C–N with tert-alkyl or cyclic N) is 1. The van der Waals surface area contributed by atoms with Gasteiger partial charge in [-0.1, -0.05) is 36.4 Å². The normalized spacial score (nSPS) is 20.0. The molecular weight excluding hydrogens is 354 g/mol. The van der Waals surface area contributed by atoms with Crippen LogP contribution >= 0.6 is 0 Å². The van der Waals surface area contributed by atoms with Crippen LogP contribution in [0.15, 0.2) is 48.5 Å². The molecular formula is C23H29NO4. The maximum Gasteiger partial charge on any atom is 0.410 e. The third-order valence-electron chi connectivity index (χ3n) is 4.97. The highest BCUT2D eigenvalue weighted by molar-refractivity contribution is 5.68. The average Bonchev–Trinajstić information content (AvgIpc) is 2.67. The number of aliphatic hydroxyl groups excluding tert-OH is 1. The number of ether oxygens (including phenoxy) is 2. The van der Waals surface area contributed by atoms with E-state index >= 15 is 0 Å². The minimum Gasteiger partial charge on any atom is -0.497 e. The Balaban J connectivity index is 1.71. The van der Waals surface area contributed by atoms with Crippen molar-refractivity contribution in [1.82, 2.24) is 4.90 Å². The number of carbonyl (C=O) groups excluding carboxylic acids is 1. The summed E-state index contributed by atoms with van der Waals surface area (Å²) in [5.74, 6) is 0.821. The molecule has 0 saturated carbocycles. The molecule has 1 heterocycles. The molecule has 28 heavy (non-hydrogen) atoms. The molecule has 1 aliphatic rings. The number of benzene rings is 2. The highest BCUT2D eigenvalue weighted by Crippen LogP contribution is 2.32. The van der Waals surface area contributed by atoms with Gasteiger partial charge >= 0.3 is 6.09 Å². The summed E-state index contributed by atoms with van der Waals surface area (Å²) in [6.45, 7) is 6.39. The van der Waals surface area contributed by atoms with E-state index in [4.69, 9.17) is 9.47 Å². The van der Waals surface area contributed by atoms with Gasteiger partial charge < -0.3 is 19.5 Å². The molecule has 1 amide bonds. The van der Waals surface area contributed by atoms with Crippen molar-refractivity contribution < 1.29 is 19.4 Å². The van der Waals surface area contributed by atoms with Crippen LogP contribution in [0.3, 0.4) is 0 Å². The largest absolute Gasteiger partial charge is 0.497 e. The Kier molecular flexibility index (Phi) is 5.94. The lowest BCUT2D eigenvalue weighted by Crippen LogP contribution is -2.47. The summed E-state index contributed by atoms with van der Waals surface area (Å²) in [4.78, 5) is 13.9. The van der Waals surface area contributed by atoms with Crippen molar-refractivity contribution in [3.05, 3.63) is 54.1 Å². The zero-order valence-electron chi connectivity index (χ0n) is 17.0. The molecule has 2 atom stereocenters. The number of carbonyl (C=O) groups is 1. The topological polar surface area (TPSA) is 59.0 Å². The predicted octanol–water partition coefficient (Wildman–Crippen LogP) is 4.45. The summed E-state index contributed by atoms with van der Waals surface area (Å²) < 4.78 is 10.6. The molecule has 0 aliphatic carbocycles. The number of amides is 1. The van der Waals surface area contributed by atoms with Crippen LogP contribution in [0.5, 0.6) is 5.75 Å². The second-order valence-corrected chi connectivity index (χ2v) is 8.24. The summed E-state index contributed by atoms with van der Waals surface area (Å²) in [6, 6.07) is 16.2. The molecule has 2 aromatic rings. The van der Waals surface area contributed by atoms with Gasteiger partial charge in [-0.15, -0.1) is 0 Å². The molecule has 1 N–H and O–H groups in total. The van der Waals surface area contributed by atoms with E-state index in [9.17, 15) is 9.90 Å². The fraction of sp³-hybridized carbons (Fsp3) is 0.435. The molecule has 3 rings (SSSR count). The number of rotatable bonds is 3. The zero-order chi connectivity index (χ0) is 20.3. The van der Waals surface area contributed by atoms with Gasteiger partial charge in [0.15, 0.2) is 0 Å². The van der Waals surface area contributed by atoms with Gasteiger partial charge in [-0.2, -0.15) is 0 Å². The molecule has 5 nitrogen and oxygen atoms in total. The minimum absolute atomic E-state index is 0.00288. The number of methoxy groups -OCH3 is 1. The summed E-state index contributed by atoms with van der Waals surface area (Å²) in [7, 11) is 1.65. The molecule has 0 radical (unpaired) electrons. The van der Waals surface area contributed by atoms with E-state index in [-0.39, 0.29) is 18.6 Å². The molecule has 0 bridgehead atoms. The third kappa shape index (κ3) is 4.84. The van der Waals surface area contributed by atoms with Gasteiger partial charge in [0.05, 0.1) is 19.8 Å². The van der Waals surface area contributed by atoms with Crippen molar-refractivity contribution >= 4 is 6.09 Å². The monoisotopic (exact) mass is 383 g/mol. The Hall–Kier alpha value is -2.53. The molecule has 150 valence electrons. The molecule has 1 fully saturated rings. The first-order valence-corrected chi connectivity index (χ1v) is 9.67. The highest BCUT2D eigenvalue weighted by atomic mass is 16.6. The Morgan fingerprint density at radius 3 is 2.43 bits per heavy atom. The fourth-order valence-electron chi connectivity index (χ4n) is 3.55. The first kappa shape index (κ1) is 20.2. The van der Waals surface area contributed by atoms with Crippen molar-refractivity contribution in [3.8, 4) is 16.9 Å². The second-order valence-electron chi connectivity index (χ2n) is 8.24. The maximum atomic E-state index is 12.3. The number of piperidine rings is 1. The molecule has 0 spiro atoms. The molecule has 1 aliphatic heterocycles. The lowest BCUT2D eigenvalue weighted by Gasteiger charge is -2.37. The Bertz CT molecular complexity index is 810. The fourth-order valence-corrected chi connectivity index (χ4v) is 3.55. The van der Waals surface area contributed by atoms with E-state index in [2.05, 4.69) is 12.1 Å². The Morgan fingerprint density at radius 1 is 1.11 bits per heavy atom. The standard InChI is InChI=1S/C23H29NO4/c1-23(2,3)28-22(26)24-13-12-20(21(25)15-24)18-7-5-6-17(14-18)16-8-10-19(27-4)11-9-16/h5-11,14,20-21,25H,12-13,15H2,1-4H3/t20-,21+/m1/s1. The quantitative estimate of drug-likeness (QED) is 0.851. The van der Waals surface area contributed by atoms with E-state index in [1.165, 1.54) is 0 Å². The SMILES string of the molecule is COc1ccc(-c2cccc([C@H]3CCN(C(=O)OC(C)(C)C)C[C@@H]3O)c2)cc1. The van der Waals surface area contributed by atoms with Crippen LogP contribution in [0.25, 0.3) is 11.1 Å². The van der Waals surface area contributed by atoms with Gasteiger partial charge in [-0.25, -0.2) is 4.79 Å². The van der Waals surface area contributed by atoms with E-state index in [1.54, 1.807) is 12.0 Å². The number of aliphatic hydroxyl groups is 1. The number of nitrogens with zero attached hydrogens (tertiary/aromatic N) is 1. The van der Waals surface area contributed by atoms with Gasteiger partial charge in [0.2, 0.25) is 0 Å². The minimum atomic E-state index is -0.618. The van der Waals surface area contributed by atoms with Crippen LogP contribution in [0.4, 0.5) is 4.79 Å². The Labute approximate surface area is 166 Å². The lowest BCUT2D eigenvalue weighted by atomic mass is 9.86. The summed E-state index contributed by atoms with van der Waals surface area (Å²) >= 11 is 0. The second kappa shape index (κ2) is 8.23. The van der Waals surface area contributed by atoms with Crippen molar-refractivity contribution in [2.75, 3.05) is 20.2 Å². The first-order chi connectivity index (χ1) is 13.3. The van der Waals surface area contributed by atoms with Crippen LogP contribution in [0.1, 0.15) is 38.7 Å². The van der Waals surface area contributed by atoms with Crippen molar-refractivity contribution in [2.24, 2.45) is 0 Å². The molecule has 0 unspecified atom stereocenters. The molecule has 2 aromatic carbocycles. The summed E-state index contributed by atoms with van der Waals surface area (Å²) in [6.07, 6.45) is -0.281. The first-order valence-electron chi connectivity index (χ1n) is 9.67. The third-order valence-corrected chi connectivity index (χ3v) is 4.97. The molecule has 1 saturated heterocycles. The smallest absolute Gasteiger partial charge is 0.410 e. The van der Waals surface area contributed by atoms with E-state index in [0.29, 0.717) is 13.0 Å². The molecule has 0 aromatic heterocycles. The highest BCUT2D eigenvalue weighted by Gasteiger charge is 2.33. The predicted molar refractivity (Wildman–Crippen MR) is 110 cm³/mol. The van der Waals surface area contributed by atoms with Crippen LogP contribution in [-0.2, 0) is 4.74 Å². The molecule has 5 heteroatoms. The zero-order valence-corrected chi connectivity index (χ0v) is 17.0. The van der Waals surface area contributed by atoms with E-state index in [1.807, 2.05) is 57.2 Å². The van der Waals surface area contributed by atoms with Crippen LogP contribution < -0.4 is 4.74 Å². The van der Waals surface area contributed by atoms with Crippen LogP contribution in [0.2, 0.25) is 0 Å². The van der Waals surface area contributed by atoms with Gasteiger partial charge in [0, 0.05) is 12.5 Å². The average molecular weight is 383 g/mol. The van der Waals surface area contributed by atoms with Crippen LogP contribution in [-0.4, -0.2) is 48.0 Å². The van der Waals surface area contributed by atoms with Gasteiger partial charge in [0.1, 0.15) is 11.4 Å². The number of likely N-dealkylation sites (tertiary alicyclic amines) is 1. The maximum absolute atomic E-state index is 12.3. The van der Waals surface area contributed by atoms with Crippen molar-refractivity contribution in [2.45, 2.75) is 44.8 Å².